The van der Waals surface area contributed by atoms with Crippen molar-refractivity contribution >= 4 is 11.7 Å². The van der Waals surface area contributed by atoms with E-state index >= 15 is 0 Å². The third kappa shape index (κ3) is 2.13. The minimum Gasteiger partial charge on any atom is -0.404 e. The number of carbonyl (C=O) groups is 1. The van der Waals surface area contributed by atoms with Crippen LogP contribution in [0.2, 0.25) is 0 Å². The van der Waals surface area contributed by atoms with Crippen LogP contribution in [0.15, 0.2) is 36.9 Å². The molecule has 0 fully saturated rings. The minimum atomic E-state index is -0.504. The molecule has 7 nitrogen and oxygen atoms in total. The molecule has 7 heteroatoms. The van der Waals surface area contributed by atoms with E-state index in [0.717, 1.165) is 0 Å². The highest BCUT2D eigenvalue weighted by Gasteiger charge is 2.13. The van der Waals surface area contributed by atoms with Crippen LogP contribution in [-0.4, -0.2) is 30.5 Å². The van der Waals surface area contributed by atoms with E-state index in [1.54, 1.807) is 31.3 Å². The number of esters is 1. The van der Waals surface area contributed by atoms with Crippen LogP contribution in [-0.2, 0) is 0 Å². The van der Waals surface area contributed by atoms with Gasteiger partial charge in [-0.15, -0.1) is 0 Å². The second-order valence-electron chi connectivity index (χ2n) is 3.84. The summed E-state index contributed by atoms with van der Waals surface area (Å²) >= 11 is 0. The normalized spacial score (nSPS) is 10.6. The first-order chi connectivity index (χ1) is 9.24. The Kier molecular flexibility index (Phi) is 2.64. The molecule has 0 aliphatic carbocycles. The van der Waals surface area contributed by atoms with Crippen LogP contribution in [0.4, 0.5) is 0 Å². The molecule has 0 spiro atoms. The molecule has 3 heterocycles. The Balaban J connectivity index is 1.97. The molecule has 0 amide bonds. The van der Waals surface area contributed by atoms with Gasteiger partial charge >= 0.3 is 5.97 Å². The van der Waals surface area contributed by atoms with Gasteiger partial charge in [0.2, 0.25) is 5.88 Å². The number of pyridine rings is 1. The van der Waals surface area contributed by atoms with Gasteiger partial charge in [0.05, 0.1) is 5.56 Å². The Morgan fingerprint density at radius 2 is 2.32 bits per heavy atom. The molecule has 0 saturated carbocycles. The van der Waals surface area contributed by atoms with Crippen LogP contribution in [0.5, 0.6) is 5.88 Å². The molecule has 3 aromatic heterocycles. The van der Waals surface area contributed by atoms with E-state index in [9.17, 15) is 4.79 Å². The Hall–Kier alpha value is -2.83. The molecule has 0 radical (unpaired) electrons. The Labute approximate surface area is 107 Å². The lowest BCUT2D eigenvalue weighted by Crippen LogP contribution is -2.12. The van der Waals surface area contributed by atoms with E-state index in [-0.39, 0.29) is 5.88 Å². The summed E-state index contributed by atoms with van der Waals surface area (Å²) in [6.07, 6.45) is 4.38. The lowest BCUT2D eigenvalue weighted by molar-refractivity contribution is 0.0723. The molecular formula is C12H9N5O2. The topological polar surface area (TPSA) is 82.3 Å². The number of nitrogens with zero attached hydrogens (tertiary/aromatic N) is 5. The van der Waals surface area contributed by atoms with Crippen molar-refractivity contribution in [3.63, 3.8) is 0 Å². The highest BCUT2D eigenvalue weighted by Crippen LogP contribution is 2.14. The number of fused-ring (bicyclic) bond motifs is 1. The summed E-state index contributed by atoms with van der Waals surface area (Å²) < 4.78 is 6.66. The number of hydrogen-bond acceptors (Lipinski definition) is 6. The van der Waals surface area contributed by atoms with Crippen molar-refractivity contribution in [2.45, 2.75) is 6.92 Å². The first kappa shape index (κ1) is 11.3. The summed E-state index contributed by atoms with van der Waals surface area (Å²) in [5, 5.41) is 3.96. The predicted octanol–water partition coefficient (Wildman–Crippen LogP) is 1.05. The molecule has 3 rings (SSSR count). The van der Waals surface area contributed by atoms with E-state index in [1.165, 1.54) is 17.0 Å². The standard InChI is InChI=1S/C12H9N5O2/c1-8-5-10(17-12(16-8)14-7-15-17)19-11(18)9-3-2-4-13-6-9/h2-7H,1H3. The molecule has 94 valence electrons. The molecule has 3 aromatic rings. The third-order valence-corrected chi connectivity index (χ3v) is 2.44. The van der Waals surface area contributed by atoms with Crippen LogP contribution in [0, 0.1) is 6.92 Å². The maximum Gasteiger partial charge on any atom is 0.346 e. The second-order valence-corrected chi connectivity index (χ2v) is 3.84. The molecule has 0 aromatic carbocycles. The number of ether oxygens (including phenoxy) is 1. The first-order valence-corrected chi connectivity index (χ1v) is 5.53. The van der Waals surface area contributed by atoms with Gasteiger partial charge in [-0.05, 0) is 19.1 Å². The van der Waals surface area contributed by atoms with Crippen LogP contribution >= 0.6 is 0 Å². The fourth-order valence-electron chi connectivity index (χ4n) is 1.61. The Bertz CT molecular complexity index is 738. The Morgan fingerprint density at radius 1 is 1.42 bits per heavy atom. The summed E-state index contributed by atoms with van der Waals surface area (Å²) in [4.78, 5) is 23.9. The van der Waals surface area contributed by atoms with Crippen LogP contribution in [0.1, 0.15) is 16.1 Å². The predicted molar refractivity (Wildman–Crippen MR) is 64.7 cm³/mol. The summed E-state index contributed by atoms with van der Waals surface area (Å²) in [6, 6.07) is 4.91. The number of aromatic nitrogens is 5. The number of carbonyl (C=O) groups excluding carboxylic acids is 1. The average molecular weight is 255 g/mol. The van der Waals surface area contributed by atoms with Gasteiger partial charge in [0.25, 0.3) is 5.78 Å². The van der Waals surface area contributed by atoms with Crippen LogP contribution in [0.25, 0.3) is 5.78 Å². The van der Waals surface area contributed by atoms with Gasteiger partial charge in [-0.1, -0.05) is 0 Å². The summed E-state index contributed by atoms with van der Waals surface area (Å²) in [6.45, 7) is 1.79. The molecule has 0 N–H and O–H groups in total. The number of rotatable bonds is 2. The van der Waals surface area contributed by atoms with Gasteiger partial charge < -0.3 is 4.74 Å². The van der Waals surface area contributed by atoms with E-state index in [1.807, 2.05) is 0 Å². The van der Waals surface area contributed by atoms with E-state index < -0.39 is 5.97 Å². The van der Waals surface area contributed by atoms with Crippen molar-refractivity contribution in [3.05, 3.63) is 48.2 Å². The molecule has 0 saturated heterocycles. The maximum atomic E-state index is 11.9. The number of aryl methyl sites for hydroxylation is 1. The Morgan fingerprint density at radius 3 is 3.11 bits per heavy atom. The van der Waals surface area contributed by atoms with Gasteiger partial charge in [-0.25, -0.2) is 9.78 Å². The smallest absolute Gasteiger partial charge is 0.346 e. The van der Waals surface area contributed by atoms with E-state index in [2.05, 4.69) is 20.1 Å². The molecular weight excluding hydrogens is 246 g/mol. The zero-order valence-electron chi connectivity index (χ0n) is 10.0. The molecule has 0 bridgehead atoms. The third-order valence-electron chi connectivity index (χ3n) is 2.44. The molecule has 0 aliphatic rings. The van der Waals surface area contributed by atoms with Crippen molar-refractivity contribution in [2.75, 3.05) is 0 Å². The van der Waals surface area contributed by atoms with Crippen molar-refractivity contribution in [3.8, 4) is 5.88 Å². The van der Waals surface area contributed by atoms with Gasteiger partial charge in [-0.3, -0.25) is 4.98 Å². The van der Waals surface area contributed by atoms with Crippen molar-refractivity contribution in [1.29, 1.82) is 0 Å². The molecule has 19 heavy (non-hydrogen) atoms. The molecule has 0 atom stereocenters. The molecule has 0 aliphatic heterocycles. The average Bonchev–Trinajstić information content (AvgIpc) is 2.88. The molecule has 0 unspecified atom stereocenters. The minimum absolute atomic E-state index is 0.272. The first-order valence-electron chi connectivity index (χ1n) is 5.53. The fourth-order valence-corrected chi connectivity index (χ4v) is 1.61. The summed E-state index contributed by atoms with van der Waals surface area (Å²) in [5.41, 5.74) is 1.06. The van der Waals surface area contributed by atoms with Crippen LogP contribution < -0.4 is 4.74 Å². The largest absolute Gasteiger partial charge is 0.404 e. The van der Waals surface area contributed by atoms with Crippen molar-refractivity contribution in [2.24, 2.45) is 0 Å². The highest BCUT2D eigenvalue weighted by atomic mass is 16.5. The van der Waals surface area contributed by atoms with E-state index in [4.69, 9.17) is 4.74 Å². The quantitative estimate of drug-likeness (QED) is 0.636. The SMILES string of the molecule is Cc1cc(OC(=O)c2cccnc2)n2ncnc2n1. The lowest BCUT2D eigenvalue weighted by atomic mass is 10.3. The summed E-state index contributed by atoms with van der Waals surface area (Å²) in [5.74, 6) is 0.151. The highest BCUT2D eigenvalue weighted by molar-refractivity contribution is 5.90. The zero-order chi connectivity index (χ0) is 13.2. The number of hydrogen-bond donors (Lipinski definition) is 0. The fraction of sp³-hybridized carbons (Fsp3) is 0.0833. The van der Waals surface area contributed by atoms with E-state index in [0.29, 0.717) is 17.0 Å². The van der Waals surface area contributed by atoms with Gasteiger partial charge in [0.15, 0.2) is 0 Å². The van der Waals surface area contributed by atoms with Gasteiger partial charge in [-0.2, -0.15) is 14.6 Å². The van der Waals surface area contributed by atoms with Crippen molar-refractivity contribution in [1.82, 2.24) is 24.6 Å². The summed E-state index contributed by atoms with van der Waals surface area (Å²) in [7, 11) is 0. The second kappa shape index (κ2) is 4.45. The maximum absolute atomic E-state index is 11.9. The van der Waals surface area contributed by atoms with Crippen LogP contribution in [0.3, 0.4) is 0 Å². The zero-order valence-corrected chi connectivity index (χ0v) is 10.0. The van der Waals surface area contributed by atoms with Gasteiger partial charge in [0, 0.05) is 24.2 Å². The van der Waals surface area contributed by atoms with Crippen molar-refractivity contribution < 1.29 is 9.53 Å². The van der Waals surface area contributed by atoms with Gasteiger partial charge in [0.1, 0.15) is 6.33 Å². The monoisotopic (exact) mass is 255 g/mol. The lowest BCUT2D eigenvalue weighted by Gasteiger charge is -2.05.